The highest BCUT2D eigenvalue weighted by Gasteiger charge is 2.13. The first kappa shape index (κ1) is 11.8. The summed E-state index contributed by atoms with van der Waals surface area (Å²) < 4.78 is 0. The van der Waals surface area contributed by atoms with Crippen molar-refractivity contribution >= 4 is 40.6 Å². The molecular weight excluding hydrogens is 263 g/mol. The molecule has 0 aliphatic heterocycles. The van der Waals surface area contributed by atoms with Gasteiger partial charge in [-0.1, -0.05) is 23.2 Å². The smallest absolute Gasteiger partial charge is 0.261 e. The quantitative estimate of drug-likeness (QED) is 0.784. The first-order chi connectivity index (χ1) is 8.08. The summed E-state index contributed by atoms with van der Waals surface area (Å²) in [5.41, 5.74) is 6.20. The number of hydrogen-bond acceptors (Lipinski definition) is 3. The van der Waals surface area contributed by atoms with Crippen LogP contribution in [0.5, 0.6) is 0 Å². The lowest BCUT2D eigenvalue weighted by Gasteiger charge is -2.06. The standard InChI is InChI=1S/C10H8Cl2N4O/c11-5-1-2-7(12)8(3-5)15-10(17)6-4-14-16-9(6)13/h1-4H,(H,15,17)(H3,13,14,16). The van der Waals surface area contributed by atoms with E-state index in [4.69, 9.17) is 28.9 Å². The Kier molecular flexibility index (Phi) is 3.21. The molecule has 4 N–H and O–H groups in total. The molecular formula is C10H8Cl2N4O. The molecule has 1 aromatic heterocycles. The summed E-state index contributed by atoms with van der Waals surface area (Å²) in [7, 11) is 0. The maximum absolute atomic E-state index is 11.8. The van der Waals surface area contributed by atoms with E-state index in [0.717, 1.165) is 0 Å². The number of benzene rings is 1. The number of rotatable bonds is 2. The molecule has 0 unspecified atom stereocenters. The average molecular weight is 271 g/mol. The zero-order valence-electron chi connectivity index (χ0n) is 8.50. The Morgan fingerprint density at radius 2 is 2.18 bits per heavy atom. The Labute approximate surface area is 107 Å². The summed E-state index contributed by atoms with van der Waals surface area (Å²) in [6, 6.07) is 4.78. The van der Waals surface area contributed by atoms with Crippen molar-refractivity contribution in [1.82, 2.24) is 10.2 Å². The second-order valence-corrected chi connectivity index (χ2v) is 4.12. The highest BCUT2D eigenvalue weighted by atomic mass is 35.5. The maximum atomic E-state index is 11.8. The Hall–Kier alpha value is -1.72. The number of nitrogens with zero attached hydrogens (tertiary/aromatic N) is 1. The van der Waals surface area contributed by atoms with Crippen molar-refractivity contribution in [3.05, 3.63) is 40.0 Å². The monoisotopic (exact) mass is 270 g/mol. The number of H-pyrrole nitrogens is 1. The van der Waals surface area contributed by atoms with Crippen LogP contribution >= 0.6 is 23.2 Å². The topological polar surface area (TPSA) is 83.8 Å². The lowest BCUT2D eigenvalue weighted by molar-refractivity contribution is 0.102. The molecule has 5 nitrogen and oxygen atoms in total. The van der Waals surface area contributed by atoms with E-state index in [1.807, 2.05) is 0 Å². The summed E-state index contributed by atoms with van der Waals surface area (Å²) in [5.74, 6) is -0.207. The first-order valence-corrected chi connectivity index (χ1v) is 5.39. The molecule has 17 heavy (non-hydrogen) atoms. The van der Waals surface area contributed by atoms with E-state index in [0.29, 0.717) is 15.7 Å². The minimum absolute atomic E-state index is 0.195. The third-order valence-corrected chi connectivity index (χ3v) is 2.65. The van der Waals surface area contributed by atoms with Gasteiger partial charge in [-0.3, -0.25) is 9.89 Å². The van der Waals surface area contributed by atoms with Gasteiger partial charge in [-0.15, -0.1) is 0 Å². The third-order valence-electron chi connectivity index (χ3n) is 2.09. The highest BCUT2D eigenvalue weighted by molar-refractivity contribution is 6.35. The van der Waals surface area contributed by atoms with E-state index in [1.54, 1.807) is 18.2 Å². The zero-order chi connectivity index (χ0) is 12.4. The number of nitrogens with one attached hydrogen (secondary N) is 2. The molecule has 0 saturated carbocycles. The molecule has 2 aromatic rings. The molecule has 1 amide bonds. The molecule has 0 atom stereocenters. The number of hydrogen-bond donors (Lipinski definition) is 3. The summed E-state index contributed by atoms with van der Waals surface area (Å²) in [6.45, 7) is 0. The van der Waals surface area contributed by atoms with Crippen molar-refractivity contribution in [2.75, 3.05) is 11.1 Å². The molecule has 88 valence electrons. The second-order valence-electron chi connectivity index (χ2n) is 3.28. The van der Waals surface area contributed by atoms with Crippen molar-refractivity contribution in [1.29, 1.82) is 0 Å². The van der Waals surface area contributed by atoms with E-state index >= 15 is 0 Å². The Morgan fingerprint density at radius 3 is 2.82 bits per heavy atom. The molecule has 0 bridgehead atoms. The second kappa shape index (κ2) is 4.65. The van der Waals surface area contributed by atoms with Gasteiger partial charge < -0.3 is 11.1 Å². The normalized spacial score (nSPS) is 10.2. The van der Waals surface area contributed by atoms with Crippen LogP contribution in [0.3, 0.4) is 0 Å². The molecule has 1 aromatic carbocycles. The van der Waals surface area contributed by atoms with Gasteiger partial charge in [0.25, 0.3) is 5.91 Å². The van der Waals surface area contributed by atoms with Gasteiger partial charge in [-0.05, 0) is 18.2 Å². The number of nitrogen functional groups attached to an aromatic ring is 1. The van der Waals surface area contributed by atoms with Crippen molar-refractivity contribution in [2.24, 2.45) is 0 Å². The Bertz CT molecular complexity index is 567. The number of nitrogens with two attached hydrogens (primary N) is 1. The lowest BCUT2D eigenvalue weighted by Crippen LogP contribution is -2.13. The van der Waals surface area contributed by atoms with Crippen LogP contribution in [0.15, 0.2) is 24.4 Å². The molecule has 1 heterocycles. The minimum atomic E-state index is -0.402. The van der Waals surface area contributed by atoms with E-state index in [1.165, 1.54) is 6.20 Å². The number of halogens is 2. The number of carbonyl (C=O) groups is 1. The molecule has 7 heteroatoms. The van der Waals surface area contributed by atoms with Crippen molar-refractivity contribution in [2.45, 2.75) is 0 Å². The van der Waals surface area contributed by atoms with Crippen LogP contribution in [-0.4, -0.2) is 16.1 Å². The number of amides is 1. The third kappa shape index (κ3) is 2.51. The number of aromatic nitrogens is 2. The van der Waals surface area contributed by atoms with Gasteiger partial charge >= 0.3 is 0 Å². The van der Waals surface area contributed by atoms with Crippen LogP contribution < -0.4 is 11.1 Å². The largest absolute Gasteiger partial charge is 0.383 e. The predicted molar refractivity (Wildman–Crippen MR) is 67.4 cm³/mol. The summed E-state index contributed by atoms with van der Waals surface area (Å²) in [4.78, 5) is 11.8. The molecule has 0 saturated heterocycles. The van der Waals surface area contributed by atoms with Crippen molar-refractivity contribution in [3.63, 3.8) is 0 Å². The number of carbonyl (C=O) groups excluding carboxylic acids is 1. The number of aromatic amines is 1. The molecule has 0 fully saturated rings. The van der Waals surface area contributed by atoms with Gasteiger partial charge in [0.1, 0.15) is 11.4 Å². The van der Waals surface area contributed by atoms with Crippen LogP contribution in [0, 0.1) is 0 Å². The van der Waals surface area contributed by atoms with Gasteiger partial charge in [0.05, 0.1) is 16.9 Å². The number of anilines is 2. The average Bonchev–Trinajstić information content (AvgIpc) is 2.70. The lowest BCUT2D eigenvalue weighted by atomic mass is 10.2. The van der Waals surface area contributed by atoms with E-state index in [-0.39, 0.29) is 11.4 Å². The maximum Gasteiger partial charge on any atom is 0.261 e. The first-order valence-electron chi connectivity index (χ1n) is 4.63. The van der Waals surface area contributed by atoms with Crippen LogP contribution in [0.1, 0.15) is 10.4 Å². The minimum Gasteiger partial charge on any atom is -0.383 e. The zero-order valence-corrected chi connectivity index (χ0v) is 10.0. The Balaban J connectivity index is 2.24. The van der Waals surface area contributed by atoms with Gasteiger partial charge in [0, 0.05) is 5.02 Å². The van der Waals surface area contributed by atoms with E-state index < -0.39 is 5.91 Å². The fraction of sp³-hybridized carbons (Fsp3) is 0. The van der Waals surface area contributed by atoms with Crippen molar-refractivity contribution in [3.8, 4) is 0 Å². The summed E-state index contributed by atoms with van der Waals surface area (Å²) in [5, 5.41) is 9.59. The predicted octanol–water partition coefficient (Wildman–Crippen LogP) is 2.55. The van der Waals surface area contributed by atoms with Crippen LogP contribution in [0.25, 0.3) is 0 Å². The summed E-state index contributed by atoms with van der Waals surface area (Å²) in [6.07, 6.45) is 1.34. The molecule has 0 spiro atoms. The van der Waals surface area contributed by atoms with Gasteiger partial charge in [0.2, 0.25) is 0 Å². The van der Waals surface area contributed by atoms with Crippen LogP contribution in [0.4, 0.5) is 11.5 Å². The van der Waals surface area contributed by atoms with Crippen LogP contribution in [-0.2, 0) is 0 Å². The molecule has 0 aliphatic carbocycles. The fourth-order valence-corrected chi connectivity index (χ4v) is 1.60. The van der Waals surface area contributed by atoms with E-state index in [9.17, 15) is 4.79 Å². The fourth-order valence-electron chi connectivity index (χ4n) is 1.26. The Morgan fingerprint density at radius 1 is 1.41 bits per heavy atom. The van der Waals surface area contributed by atoms with E-state index in [2.05, 4.69) is 15.5 Å². The molecule has 0 aliphatic rings. The molecule has 0 radical (unpaired) electrons. The summed E-state index contributed by atoms with van der Waals surface area (Å²) >= 11 is 11.7. The SMILES string of the molecule is Nc1[nH]ncc1C(=O)Nc1cc(Cl)ccc1Cl. The van der Waals surface area contributed by atoms with Gasteiger partial charge in [-0.25, -0.2) is 0 Å². The van der Waals surface area contributed by atoms with Crippen LogP contribution in [0.2, 0.25) is 10.0 Å². The highest BCUT2D eigenvalue weighted by Crippen LogP contribution is 2.26. The van der Waals surface area contributed by atoms with Crippen molar-refractivity contribution < 1.29 is 4.79 Å². The van der Waals surface area contributed by atoms with Gasteiger partial charge in [0.15, 0.2) is 0 Å². The molecule has 2 rings (SSSR count). The van der Waals surface area contributed by atoms with Gasteiger partial charge in [-0.2, -0.15) is 5.10 Å².